The molecule has 0 saturated carbocycles. The van der Waals surface area contributed by atoms with Crippen molar-refractivity contribution in [2.75, 3.05) is 6.54 Å². The predicted octanol–water partition coefficient (Wildman–Crippen LogP) is 3.29. The molecule has 0 fully saturated rings. The third-order valence-corrected chi connectivity index (χ3v) is 3.10. The number of benzene rings is 2. The summed E-state index contributed by atoms with van der Waals surface area (Å²) in [6.07, 6.45) is 1.03. The second-order valence-electron chi connectivity index (χ2n) is 4.50. The molecule has 0 bridgehead atoms. The molecule has 0 saturated heterocycles. The minimum atomic E-state index is 0.300. The molecule has 0 radical (unpaired) electrons. The molecule has 0 aliphatic heterocycles. The van der Waals surface area contributed by atoms with Crippen LogP contribution in [0.4, 0.5) is 0 Å². The average molecular weight is 241 g/mol. The van der Waals surface area contributed by atoms with Gasteiger partial charge in [0.2, 0.25) is 0 Å². The summed E-state index contributed by atoms with van der Waals surface area (Å²) >= 11 is 0. The van der Waals surface area contributed by atoms with Gasteiger partial charge in [-0.25, -0.2) is 0 Å². The molecule has 0 amide bonds. The quantitative estimate of drug-likeness (QED) is 0.842. The van der Waals surface area contributed by atoms with Crippen molar-refractivity contribution in [1.29, 1.82) is 0 Å². The first-order chi connectivity index (χ1) is 8.75. The Kier molecular flexibility index (Phi) is 4.37. The maximum Gasteiger partial charge on any atom is 0.115 e. The molecule has 2 aromatic rings. The van der Waals surface area contributed by atoms with Crippen LogP contribution in [0.15, 0.2) is 54.6 Å². The highest BCUT2D eigenvalue weighted by molar-refractivity contribution is 5.27. The normalized spacial score (nSPS) is 12.3. The fourth-order valence-corrected chi connectivity index (χ4v) is 1.96. The molecule has 0 spiro atoms. The topological polar surface area (TPSA) is 32.3 Å². The maximum absolute atomic E-state index is 9.24. The lowest BCUT2D eigenvalue weighted by molar-refractivity contribution is 0.474. The highest BCUT2D eigenvalue weighted by atomic mass is 16.3. The lowest BCUT2D eigenvalue weighted by Gasteiger charge is -2.14. The molecule has 1 unspecified atom stereocenters. The van der Waals surface area contributed by atoms with Crippen molar-refractivity contribution in [3.05, 3.63) is 65.7 Å². The van der Waals surface area contributed by atoms with Gasteiger partial charge in [-0.3, -0.25) is 0 Å². The zero-order chi connectivity index (χ0) is 12.8. The van der Waals surface area contributed by atoms with E-state index < -0.39 is 0 Å². The number of hydrogen-bond acceptors (Lipinski definition) is 2. The van der Waals surface area contributed by atoms with E-state index in [1.165, 1.54) is 11.1 Å². The molecule has 2 N–H and O–H groups in total. The van der Waals surface area contributed by atoms with Crippen LogP contribution < -0.4 is 5.32 Å². The summed E-state index contributed by atoms with van der Waals surface area (Å²) < 4.78 is 0. The SMILES string of the molecule is CC(NCCc1ccccc1)c1ccc(O)cc1. The minimum Gasteiger partial charge on any atom is -0.508 e. The second kappa shape index (κ2) is 6.22. The van der Waals surface area contributed by atoms with Crippen LogP contribution >= 0.6 is 0 Å². The van der Waals surface area contributed by atoms with Gasteiger partial charge in [0.25, 0.3) is 0 Å². The Hall–Kier alpha value is -1.80. The number of nitrogens with one attached hydrogen (secondary N) is 1. The molecule has 0 aliphatic carbocycles. The van der Waals surface area contributed by atoms with Crippen molar-refractivity contribution in [2.24, 2.45) is 0 Å². The zero-order valence-corrected chi connectivity index (χ0v) is 10.6. The fourth-order valence-electron chi connectivity index (χ4n) is 1.96. The standard InChI is InChI=1S/C16H19NO/c1-13(15-7-9-16(18)10-8-15)17-12-11-14-5-3-2-4-6-14/h2-10,13,17-18H,11-12H2,1H3. The van der Waals surface area contributed by atoms with E-state index in [2.05, 4.69) is 36.5 Å². The van der Waals surface area contributed by atoms with Gasteiger partial charge >= 0.3 is 0 Å². The third kappa shape index (κ3) is 3.60. The Labute approximate surface area is 108 Å². The van der Waals surface area contributed by atoms with Gasteiger partial charge in [-0.1, -0.05) is 42.5 Å². The third-order valence-electron chi connectivity index (χ3n) is 3.10. The fraction of sp³-hybridized carbons (Fsp3) is 0.250. The smallest absolute Gasteiger partial charge is 0.115 e. The first-order valence-corrected chi connectivity index (χ1v) is 6.32. The van der Waals surface area contributed by atoms with Crippen molar-refractivity contribution in [3.8, 4) is 5.75 Å². The van der Waals surface area contributed by atoms with Crippen molar-refractivity contribution in [2.45, 2.75) is 19.4 Å². The first kappa shape index (κ1) is 12.7. The summed E-state index contributed by atoms with van der Waals surface area (Å²) in [5.41, 5.74) is 2.55. The molecular weight excluding hydrogens is 222 g/mol. The van der Waals surface area contributed by atoms with E-state index in [0.717, 1.165) is 13.0 Å². The number of rotatable bonds is 5. The van der Waals surface area contributed by atoms with Crippen LogP contribution in [-0.4, -0.2) is 11.7 Å². The van der Waals surface area contributed by atoms with E-state index in [9.17, 15) is 5.11 Å². The molecule has 0 aromatic heterocycles. The van der Waals surface area contributed by atoms with Gasteiger partial charge in [0.05, 0.1) is 0 Å². The van der Waals surface area contributed by atoms with Gasteiger partial charge < -0.3 is 10.4 Å². The average Bonchev–Trinajstić information content (AvgIpc) is 2.40. The van der Waals surface area contributed by atoms with Crippen LogP contribution in [-0.2, 0) is 6.42 Å². The van der Waals surface area contributed by atoms with E-state index in [1.54, 1.807) is 12.1 Å². The molecule has 18 heavy (non-hydrogen) atoms. The van der Waals surface area contributed by atoms with Gasteiger partial charge in [-0.2, -0.15) is 0 Å². The lowest BCUT2D eigenvalue weighted by atomic mass is 10.1. The molecular formula is C16H19NO. The Morgan fingerprint density at radius 1 is 1.00 bits per heavy atom. The van der Waals surface area contributed by atoms with E-state index in [-0.39, 0.29) is 0 Å². The number of hydrogen-bond donors (Lipinski definition) is 2. The molecule has 2 rings (SSSR count). The molecule has 94 valence electrons. The maximum atomic E-state index is 9.24. The Bertz CT molecular complexity index is 464. The first-order valence-electron chi connectivity index (χ1n) is 6.32. The highest BCUT2D eigenvalue weighted by Crippen LogP contribution is 2.16. The number of aromatic hydroxyl groups is 1. The van der Waals surface area contributed by atoms with Crippen LogP contribution in [0.25, 0.3) is 0 Å². The Morgan fingerprint density at radius 2 is 1.67 bits per heavy atom. The van der Waals surface area contributed by atoms with Gasteiger partial charge in [-0.05, 0) is 43.1 Å². The molecule has 2 nitrogen and oxygen atoms in total. The largest absolute Gasteiger partial charge is 0.508 e. The van der Waals surface area contributed by atoms with E-state index in [0.29, 0.717) is 11.8 Å². The van der Waals surface area contributed by atoms with E-state index in [1.807, 2.05) is 18.2 Å². The summed E-state index contributed by atoms with van der Waals surface area (Å²) in [5.74, 6) is 0.315. The Balaban J connectivity index is 1.81. The monoisotopic (exact) mass is 241 g/mol. The Morgan fingerprint density at radius 3 is 2.33 bits per heavy atom. The van der Waals surface area contributed by atoms with Crippen LogP contribution in [0.3, 0.4) is 0 Å². The summed E-state index contributed by atoms with van der Waals surface area (Å²) in [6, 6.07) is 18.1. The van der Waals surface area contributed by atoms with Crippen LogP contribution in [0, 0.1) is 0 Å². The van der Waals surface area contributed by atoms with Crippen molar-refractivity contribution in [1.82, 2.24) is 5.32 Å². The van der Waals surface area contributed by atoms with E-state index in [4.69, 9.17) is 0 Å². The van der Waals surface area contributed by atoms with Crippen LogP contribution in [0.1, 0.15) is 24.1 Å². The van der Waals surface area contributed by atoms with E-state index >= 15 is 0 Å². The van der Waals surface area contributed by atoms with Crippen molar-refractivity contribution < 1.29 is 5.11 Å². The second-order valence-corrected chi connectivity index (χ2v) is 4.50. The zero-order valence-electron chi connectivity index (χ0n) is 10.6. The summed E-state index contributed by atoms with van der Waals surface area (Å²) in [6.45, 7) is 3.09. The van der Waals surface area contributed by atoms with Gasteiger partial charge in [0, 0.05) is 6.04 Å². The molecule has 2 heteroatoms. The van der Waals surface area contributed by atoms with Gasteiger partial charge in [-0.15, -0.1) is 0 Å². The molecule has 1 atom stereocenters. The minimum absolute atomic E-state index is 0.300. The number of phenolic OH excluding ortho intramolecular Hbond substituents is 1. The van der Waals surface area contributed by atoms with Crippen LogP contribution in [0.5, 0.6) is 5.75 Å². The molecule has 0 aliphatic rings. The van der Waals surface area contributed by atoms with Crippen molar-refractivity contribution in [3.63, 3.8) is 0 Å². The number of phenols is 1. The highest BCUT2D eigenvalue weighted by Gasteiger charge is 2.03. The van der Waals surface area contributed by atoms with Gasteiger partial charge in [0.15, 0.2) is 0 Å². The summed E-state index contributed by atoms with van der Waals surface area (Å²) in [5, 5.41) is 12.7. The summed E-state index contributed by atoms with van der Waals surface area (Å²) in [4.78, 5) is 0. The molecule has 2 aromatic carbocycles. The van der Waals surface area contributed by atoms with Gasteiger partial charge in [0.1, 0.15) is 5.75 Å². The predicted molar refractivity (Wildman–Crippen MR) is 74.7 cm³/mol. The van der Waals surface area contributed by atoms with Crippen molar-refractivity contribution >= 4 is 0 Å². The van der Waals surface area contributed by atoms with Crippen LogP contribution in [0.2, 0.25) is 0 Å². The molecule has 0 heterocycles. The summed E-state index contributed by atoms with van der Waals surface area (Å²) in [7, 11) is 0. The lowest BCUT2D eigenvalue weighted by Crippen LogP contribution is -2.21.